The van der Waals surface area contributed by atoms with Crippen LogP contribution in [0.1, 0.15) is 12.5 Å². The van der Waals surface area contributed by atoms with E-state index in [1.165, 1.54) is 11.0 Å². The molecule has 1 amide bonds. The minimum Gasteiger partial charge on any atom is -0.341 e. The van der Waals surface area contributed by atoms with Crippen LogP contribution in [0.4, 0.5) is 4.39 Å². The van der Waals surface area contributed by atoms with Crippen LogP contribution in [0.2, 0.25) is 0 Å². The van der Waals surface area contributed by atoms with Gasteiger partial charge in [-0.1, -0.05) is 22.9 Å². The van der Waals surface area contributed by atoms with Crippen LogP contribution in [-0.4, -0.2) is 24.4 Å². The zero-order valence-corrected chi connectivity index (χ0v) is 12.7. The molecule has 0 heterocycles. The number of amides is 1. The van der Waals surface area contributed by atoms with E-state index < -0.39 is 0 Å². The molecule has 1 aromatic rings. The van der Waals surface area contributed by atoms with Crippen molar-refractivity contribution in [3.05, 3.63) is 34.1 Å². The summed E-state index contributed by atoms with van der Waals surface area (Å²) >= 11 is 3.28. The minimum absolute atomic E-state index is 0. The summed E-state index contributed by atoms with van der Waals surface area (Å²) in [6.07, 6.45) is 0. The lowest BCUT2D eigenvalue weighted by molar-refractivity contribution is -0.133. The third-order valence-electron chi connectivity index (χ3n) is 2.57. The van der Waals surface area contributed by atoms with Gasteiger partial charge in [0.15, 0.2) is 0 Å². The summed E-state index contributed by atoms with van der Waals surface area (Å²) in [5, 5.41) is 0. The van der Waals surface area contributed by atoms with E-state index in [1.807, 2.05) is 0 Å². The third kappa shape index (κ3) is 4.55. The summed E-state index contributed by atoms with van der Waals surface area (Å²) in [6, 6.07) is 4.68. The van der Waals surface area contributed by atoms with Gasteiger partial charge in [0.2, 0.25) is 5.91 Å². The summed E-state index contributed by atoms with van der Waals surface area (Å²) in [4.78, 5) is 13.3. The summed E-state index contributed by atoms with van der Waals surface area (Å²) in [7, 11) is 1.65. The van der Waals surface area contributed by atoms with Crippen LogP contribution in [0.15, 0.2) is 22.7 Å². The fourth-order valence-electron chi connectivity index (χ4n) is 1.47. The standard InChI is InChI=1S/C12H16BrFN2O.ClH/c1-8(6-15)12(17)16(2)7-9-5-10(13)3-4-11(9)14;/h3-5,8H,6-7,15H2,1-2H3;1H. The lowest BCUT2D eigenvalue weighted by Gasteiger charge is -2.21. The Hall–Kier alpha value is -0.650. The topological polar surface area (TPSA) is 46.3 Å². The number of nitrogens with two attached hydrogens (primary N) is 1. The molecule has 1 rings (SSSR count). The molecule has 0 saturated heterocycles. The van der Waals surface area contributed by atoms with Gasteiger partial charge in [0.05, 0.1) is 0 Å². The van der Waals surface area contributed by atoms with Crippen molar-refractivity contribution in [1.29, 1.82) is 0 Å². The van der Waals surface area contributed by atoms with Crippen LogP contribution >= 0.6 is 28.3 Å². The number of carbonyl (C=O) groups excluding carboxylic acids is 1. The maximum atomic E-state index is 13.5. The number of carbonyl (C=O) groups is 1. The average Bonchev–Trinajstić information content (AvgIpc) is 2.31. The summed E-state index contributed by atoms with van der Waals surface area (Å²) in [5.74, 6) is -0.629. The number of hydrogen-bond donors (Lipinski definition) is 1. The zero-order valence-electron chi connectivity index (χ0n) is 10.3. The van der Waals surface area contributed by atoms with E-state index in [2.05, 4.69) is 15.9 Å². The average molecular weight is 340 g/mol. The van der Waals surface area contributed by atoms with Gasteiger partial charge in [-0.3, -0.25) is 4.79 Å². The van der Waals surface area contributed by atoms with Crippen molar-refractivity contribution in [2.75, 3.05) is 13.6 Å². The smallest absolute Gasteiger partial charge is 0.226 e. The predicted molar refractivity (Wildman–Crippen MR) is 76.0 cm³/mol. The van der Waals surface area contributed by atoms with E-state index in [1.54, 1.807) is 26.1 Å². The Bertz CT molecular complexity index is 417. The molecule has 18 heavy (non-hydrogen) atoms. The Kier molecular flexibility index (Phi) is 7.43. The van der Waals surface area contributed by atoms with Gasteiger partial charge in [-0.15, -0.1) is 12.4 Å². The van der Waals surface area contributed by atoms with Crippen molar-refractivity contribution in [2.24, 2.45) is 11.7 Å². The maximum absolute atomic E-state index is 13.5. The molecule has 0 aliphatic carbocycles. The van der Waals surface area contributed by atoms with Crippen molar-refractivity contribution in [3.63, 3.8) is 0 Å². The highest BCUT2D eigenvalue weighted by molar-refractivity contribution is 9.10. The Labute approximate surface area is 121 Å². The van der Waals surface area contributed by atoms with E-state index >= 15 is 0 Å². The minimum atomic E-state index is -0.312. The Morgan fingerprint density at radius 2 is 2.17 bits per heavy atom. The highest BCUT2D eigenvalue weighted by atomic mass is 79.9. The number of hydrogen-bond acceptors (Lipinski definition) is 2. The second-order valence-electron chi connectivity index (χ2n) is 4.07. The molecule has 0 saturated carbocycles. The molecule has 3 nitrogen and oxygen atoms in total. The molecular weight excluding hydrogens is 322 g/mol. The Balaban J connectivity index is 0.00000289. The summed E-state index contributed by atoms with van der Waals surface area (Å²) < 4.78 is 14.3. The molecule has 2 N–H and O–H groups in total. The molecule has 0 aromatic heterocycles. The van der Waals surface area contributed by atoms with Crippen LogP contribution in [0, 0.1) is 11.7 Å². The van der Waals surface area contributed by atoms with Crippen LogP contribution in [0.5, 0.6) is 0 Å². The summed E-state index contributed by atoms with van der Waals surface area (Å²) in [6.45, 7) is 2.30. The van der Waals surface area contributed by atoms with Crippen LogP contribution < -0.4 is 5.73 Å². The maximum Gasteiger partial charge on any atom is 0.226 e. The lowest BCUT2D eigenvalue weighted by atomic mass is 10.1. The molecule has 0 fully saturated rings. The van der Waals surface area contributed by atoms with Gasteiger partial charge in [-0.25, -0.2) is 4.39 Å². The predicted octanol–water partition coefficient (Wildman–Crippen LogP) is 2.56. The second-order valence-corrected chi connectivity index (χ2v) is 4.98. The number of halogens is 3. The van der Waals surface area contributed by atoms with Crippen molar-refractivity contribution >= 4 is 34.2 Å². The Morgan fingerprint density at radius 3 is 2.72 bits per heavy atom. The van der Waals surface area contributed by atoms with E-state index in [0.717, 1.165) is 4.47 Å². The largest absolute Gasteiger partial charge is 0.341 e. The fourth-order valence-corrected chi connectivity index (χ4v) is 1.88. The van der Waals surface area contributed by atoms with Gasteiger partial charge in [-0.05, 0) is 18.2 Å². The molecule has 1 atom stereocenters. The number of benzene rings is 1. The normalized spacial score (nSPS) is 11.6. The van der Waals surface area contributed by atoms with Gasteiger partial charge in [0.1, 0.15) is 5.82 Å². The first-order chi connectivity index (χ1) is 7.95. The monoisotopic (exact) mass is 338 g/mol. The highest BCUT2D eigenvalue weighted by Gasteiger charge is 2.17. The molecule has 0 bridgehead atoms. The molecular formula is C12H17BrClFN2O. The van der Waals surface area contributed by atoms with Crippen molar-refractivity contribution in [2.45, 2.75) is 13.5 Å². The molecule has 0 aliphatic rings. The molecule has 102 valence electrons. The first-order valence-electron chi connectivity index (χ1n) is 5.34. The molecule has 1 unspecified atom stereocenters. The van der Waals surface area contributed by atoms with E-state index in [0.29, 0.717) is 12.1 Å². The molecule has 0 spiro atoms. The van der Waals surface area contributed by atoms with Crippen molar-refractivity contribution in [1.82, 2.24) is 4.90 Å². The highest BCUT2D eigenvalue weighted by Crippen LogP contribution is 2.17. The van der Waals surface area contributed by atoms with Gasteiger partial charge in [0.25, 0.3) is 0 Å². The van der Waals surface area contributed by atoms with Crippen LogP contribution in [0.3, 0.4) is 0 Å². The van der Waals surface area contributed by atoms with E-state index in [-0.39, 0.29) is 36.6 Å². The van der Waals surface area contributed by atoms with Gasteiger partial charge >= 0.3 is 0 Å². The molecule has 1 aromatic carbocycles. The van der Waals surface area contributed by atoms with Crippen molar-refractivity contribution in [3.8, 4) is 0 Å². The first kappa shape index (κ1) is 17.4. The lowest BCUT2D eigenvalue weighted by Crippen LogP contribution is -2.34. The SMILES string of the molecule is CC(CN)C(=O)N(C)Cc1cc(Br)ccc1F.Cl. The quantitative estimate of drug-likeness (QED) is 0.916. The van der Waals surface area contributed by atoms with Gasteiger partial charge < -0.3 is 10.6 Å². The van der Waals surface area contributed by atoms with Crippen LogP contribution in [-0.2, 0) is 11.3 Å². The van der Waals surface area contributed by atoms with Crippen LogP contribution in [0.25, 0.3) is 0 Å². The third-order valence-corrected chi connectivity index (χ3v) is 3.06. The number of nitrogens with zero attached hydrogens (tertiary/aromatic N) is 1. The fraction of sp³-hybridized carbons (Fsp3) is 0.417. The van der Waals surface area contributed by atoms with Gasteiger partial charge in [0, 0.05) is 36.1 Å². The van der Waals surface area contributed by atoms with Gasteiger partial charge in [-0.2, -0.15) is 0 Å². The van der Waals surface area contributed by atoms with E-state index in [9.17, 15) is 9.18 Å². The molecule has 0 radical (unpaired) electrons. The molecule has 6 heteroatoms. The van der Waals surface area contributed by atoms with E-state index in [4.69, 9.17) is 5.73 Å². The van der Waals surface area contributed by atoms with Crippen molar-refractivity contribution < 1.29 is 9.18 Å². The summed E-state index contributed by atoms with van der Waals surface area (Å²) in [5.41, 5.74) is 5.91. The zero-order chi connectivity index (χ0) is 13.0. The molecule has 0 aliphatic heterocycles. The number of rotatable bonds is 4. The first-order valence-corrected chi connectivity index (χ1v) is 6.14. The Morgan fingerprint density at radius 1 is 1.56 bits per heavy atom. The second kappa shape index (κ2) is 7.71.